The Morgan fingerprint density at radius 3 is 2.85 bits per heavy atom. The molecule has 0 atom stereocenters. The molecule has 0 bridgehead atoms. The highest BCUT2D eigenvalue weighted by atomic mass is 32.1. The molecule has 0 spiro atoms. The van der Waals surface area contributed by atoms with Crippen molar-refractivity contribution in [2.24, 2.45) is 5.92 Å². The van der Waals surface area contributed by atoms with E-state index in [1.165, 1.54) is 11.3 Å². The predicted octanol–water partition coefficient (Wildman–Crippen LogP) is 4.06. The van der Waals surface area contributed by atoms with Gasteiger partial charge < -0.3 is 14.4 Å². The van der Waals surface area contributed by atoms with E-state index in [1.54, 1.807) is 4.90 Å². The van der Waals surface area contributed by atoms with Gasteiger partial charge in [-0.15, -0.1) is 11.3 Å². The smallest absolute Gasteiger partial charge is 0.264 e. The van der Waals surface area contributed by atoms with Crippen LogP contribution in [0.2, 0.25) is 0 Å². The topological polar surface area (TPSA) is 56.6 Å². The van der Waals surface area contributed by atoms with Gasteiger partial charge in [0.05, 0.1) is 10.6 Å². The Kier molecular flexibility index (Phi) is 4.55. The number of benzene rings is 1. The number of aryl methyl sites for hydroxylation is 1. The maximum absolute atomic E-state index is 12.9. The Morgan fingerprint density at radius 2 is 2.07 bits per heavy atom. The van der Waals surface area contributed by atoms with Gasteiger partial charge in [0, 0.05) is 25.5 Å². The summed E-state index contributed by atoms with van der Waals surface area (Å²) in [6, 6.07) is 7.76. The lowest BCUT2D eigenvalue weighted by atomic mass is 10.2. The third-order valence-electron chi connectivity index (χ3n) is 4.56. The molecule has 142 valence electrons. The van der Waals surface area contributed by atoms with Gasteiger partial charge in [-0.25, -0.2) is 0 Å². The molecule has 4 rings (SSSR count). The van der Waals surface area contributed by atoms with E-state index in [4.69, 9.17) is 9.47 Å². The Morgan fingerprint density at radius 1 is 1.30 bits per heavy atom. The number of hydrogen-bond acceptors (Lipinski definition) is 5. The second-order valence-electron chi connectivity index (χ2n) is 7.34. The van der Waals surface area contributed by atoms with Crippen molar-refractivity contribution in [2.75, 3.05) is 13.8 Å². The molecule has 1 aliphatic rings. The van der Waals surface area contributed by atoms with Crippen molar-refractivity contribution in [3.8, 4) is 11.5 Å². The molecule has 1 aliphatic heterocycles. The van der Waals surface area contributed by atoms with E-state index < -0.39 is 0 Å². The van der Waals surface area contributed by atoms with Gasteiger partial charge in [0.1, 0.15) is 4.83 Å². The molecule has 0 saturated heterocycles. The Balaban J connectivity index is 1.55. The monoisotopic (exact) mass is 385 g/mol. The summed E-state index contributed by atoms with van der Waals surface area (Å²) in [5.74, 6) is 2.01. The summed E-state index contributed by atoms with van der Waals surface area (Å²) in [4.78, 5) is 16.5. The molecular weight excluding hydrogens is 362 g/mol. The van der Waals surface area contributed by atoms with Crippen LogP contribution in [-0.4, -0.2) is 34.4 Å². The van der Waals surface area contributed by atoms with Crippen molar-refractivity contribution in [1.82, 2.24) is 14.7 Å². The summed E-state index contributed by atoms with van der Waals surface area (Å²) in [7, 11) is 1.82. The molecule has 0 saturated carbocycles. The van der Waals surface area contributed by atoms with Gasteiger partial charge in [-0.05, 0) is 36.6 Å². The number of aromatic nitrogens is 2. The van der Waals surface area contributed by atoms with Crippen molar-refractivity contribution in [2.45, 2.75) is 33.9 Å². The lowest BCUT2D eigenvalue weighted by molar-refractivity contribution is 0.0790. The highest BCUT2D eigenvalue weighted by Gasteiger charge is 2.20. The van der Waals surface area contributed by atoms with Gasteiger partial charge in [-0.2, -0.15) is 5.10 Å². The fraction of sp³-hybridized carbons (Fsp3) is 0.400. The van der Waals surface area contributed by atoms with Crippen molar-refractivity contribution >= 4 is 27.5 Å². The Labute approximate surface area is 162 Å². The van der Waals surface area contributed by atoms with Crippen molar-refractivity contribution in [1.29, 1.82) is 0 Å². The molecule has 2 aromatic heterocycles. The first-order valence-corrected chi connectivity index (χ1v) is 9.85. The Hall–Kier alpha value is -2.54. The molecule has 27 heavy (non-hydrogen) atoms. The SMILES string of the molecule is Cc1nn(CC(C)C)c2sc(C(=O)N(C)Cc3ccc4c(c3)OCO4)cc12. The summed E-state index contributed by atoms with van der Waals surface area (Å²) < 4.78 is 12.8. The average molecular weight is 385 g/mol. The number of carbonyl (C=O) groups excluding carboxylic acids is 1. The second-order valence-corrected chi connectivity index (χ2v) is 8.37. The number of thiophene rings is 1. The van der Waals surface area contributed by atoms with Gasteiger partial charge in [0.25, 0.3) is 5.91 Å². The molecule has 3 heterocycles. The van der Waals surface area contributed by atoms with E-state index in [-0.39, 0.29) is 12.7 Å². The number of amides is 1. The molecule has 6 nitrogen and oxygen atoms in total. The van der Waals surface area contributed by atoms with Crippen LogP contribution in [0.1, 0.15) is 34.8 Å². The van der Waals surface area contributed by atoms with E-state index in [1.807, 2.05) is 42.9 Å². The second kappa shape index (κ2) is 6.88. The van der Waals surface area contributed by atoms with E-state index in [9.17, 15) is 4.79 Å². The fourth-order valence-electron chi connectivity index (χ4n) is 3.26. The summed E-state index contributed by atoms with van der Waals surface area (Å²) in [6.45, 7) is 7.95. The molecule has 1 amide bonds. The number of carbonyl (C=O) groups is 1. The van der Waals surface area contributed by atoms with Crippen LogP contribution < -0.4 is 9.47 Å². The molecule has 0 aliphatic carbocycles. The number of fused-ring (bicyclic) bond motifs is 2. The minimum atomic E-state index is 0.0179. The largest absolute Gasteiger partial charge is 0.454 e. The van der Waals surface area contributed by atoms with E-state index in [0.29, 0.717) is 12.5 Å². The number of rotatable bonds is 5. The van der Waals surface area contributed by atoms with Gasteiger partial charge in [-0.3, -0.25) is 9.48 Å². The van der Waals surface area contributed by atoms with Crippen LogP contribution in [0, 0.1) is 12.8 Å². The van der Waals surface area contributed by atoms with Crippen LogP contribution >= 0.6 is 11.3 Å². The van der Waals surface area contributed by atoms with Gasteiger partial charge in [0.15, 0.2) is 11.5 Å². The van der Waals surface area contributed by atoms with Gasteiger partial charge in [-0.1, -0.05) is 19.9 Å². The lowest BCUT2D eigenvalue weighted by Gasteiger charge is -2.16. The first-order valence-electron chi connectivity index (χ1n) is 9.03. The number of hydrogen-bond donors (Lipinski definition) is 0. The highest BCUT2D eigenvalue weighted by molar-refractivity contribution is 7.20. The maximum atomic E-state index is 12.9. The van der Waals surface area contributed by atoms with Gasteiger partial charge >= 0.3 is 0 Å². The zero-order valence-electron chi connectivity index (χ0n) is 16.0. The minimum Gasteiger partial charge on any atom is -0.454 e. The van der Waals surface area contributed by atoms with Crippen molar-refractivity contribution in [3.05, 3.63) is 40.4 Å². The fourth-order valence-corrected chi connectivity index (χ4v) is 4.43. The summed E-state index contributed by atoms with van der Waals surface area (Å²) in [5.41, 5.74) is 1.98. The molecular formula is C20H23N3O3S. The third kappa shape index (κ3) is 3.39. The van der Waals surface area contributed by atoms with Crippen LogP contribution in [0.5, 0.6) is 11.5 Å². The predicted molar refractivity (Wildman–Crippen MR) is 106 cm³/mol. The summed E-state index contributed by atoms with van der Waals surface area (Å²) in [6.07, 6.45) is 0. The number of nitrogens with zero attached hydrogens (tertiary/aromatic N) is 3. The van der Waals surface area contributed by atoms with Crippen LogP contribution in [0.3, 0.4) is 0 Å². The lowest BCUT2D eigenvalue weighted by Crippen LogP contribution is -2.25. The molecule has 0 radical (unpaired) electrons. The average Bonchev–Trinajstić information content (AvgIpc) is 3.31. The molecule has 7 heteroatoms. The van der Waals surface area contributed by atoms with Crippen LogP contribution in [-0.2, 0) is 13.1 Å². The van der Waals surface area contributed by atoms with Crippen LogP contribution in [0.15, 0.2) is 24.3 Å². The van der Waals surface area contributed by atoms with Crippen LogP contribution in [0.25, 0.3) is 10.2 Å². The third-order valence-corrected chi connectivity index (χ3v) is 5.70. The first kappa shape index (κ1) is 17.9. The zero-order valence-corrected chi connectivity index (χ0v) is 16.8. The molecule has 0 N–H and O–H groups in total. The first-order chi connectivity index (χ1) is 12.9. The highest BCUT2D eigenvalue weighted by Crippen LogP contribution is 2.33. The normalized spacial score (nSPS) is 12.9. The molecule has 3 aromatic rings. The van der Waals surface area contributed by atoms with Crippen molar-refractivity contribution in [3.63, 3.8) is 0 Å². The summed E-state index contributed by atoms with van der Waals surface area (Å²) >= 11 is 1.52. The summed E-state index contributed by atoms with van der Waals surface area (Å²) in [5, 5.41) is 5.68. The quantitative estimate of drug-likeness (QED) is 0.664. The van der Waals surface area contributed by atoms with Gasteiger partial charge in [0.2, 0.25) is 6.79 Å². The standard InChI is InChI=1S/C20H23N3O3S/c1-12(2)9-23-20-15(13(3)21-23)8-18(27-20)19(24)22(4)10-14-5-6-16-17(7-14)26-11-25-16/h5-8,12H,9-11H2,1-4H3. The minimum absolute atomic E-state index is 0.0179. The van der Waals surface area contributed by atoms with E-state index >= 15 is 0 Å². The maximum Gasteiger partial charge on any atom is 0.264 e. The zero-order chi connectivity index (χ0) is 19.1. The molecule has 0 fully saturated rings. The van der Waals surface area contributed by atoms with E-state index in [0.717, 1.165) is 44.4 Å². The number of ether oxygens (including phenoxy) is 2. The molecule has 0 unspecified atom stereocenters. The van der Waals surface area contributed by atoms with Crippen molar-refractivity contribution < 1.29 is 14.3 Å². The van der Waals surface area contributed by atoms with E-state index in [2.05, 4.69) is 18.9 Å². The molecule has 1 aromatic carbocycles. The van der Waals surface area contributed by atoms with Crippen LogP contribution in [0.4, 0.5) is 0 Å². The Bertz CT molecular complexity index is 1010.